The summed E-state index contributed by atoms with van der Waals surface area (Å²) in [6.45, 7) is 2.81. The van der Waals surface area contributed by atoms with E-state index in [1.165, 1.54) is 12.0 Å². The molecule has 3 heteroatoms. The average Bonchev–Trinajstić information content (AvgIpc) is 2.57. The number of rotatable bonds is 6. The van der Waals surface area contributed by atoms with Crippen molar-refractivity contribution in [1.82, 2.24) is 10.3 Å². The highest BCUT2D eigenvalue weighted by Gasteiger charge is 1.90. The lowest BCUT2D eigenvalue weighted by Crippen LogP contribution is -2.15. The summed E-state index contributed by atoms with van der Waals surface area (Å²) < 4.78 is 0. The fourth-order valence-electron chi connectivity index (χ4n) is 1.10. The molecular formula is C9H17N3. The van der Waals surface area contributed by atoms with Crippen molar-refractivity contribution in [2.75, 3.05) is 13.1 Å². The van der Waals surface area contributed by atoms with Crippen LogP contribution in [0.15, 0.2) is 18.5 Å². The Morgan fingerprint density at radius 2 is 2.33 bits per heavy atom. The lowest BCUT2D eigenvalue weighted by Gasteiger charge is -2.01. The first-order valence-electron chi connectivity index (χ1n) is 4.46. The zero-order valence-corrected chi connectivity index (χ0v) is 7.34. The second-order valence-corrected chi connectivity index (χ2v) is 2.89. The van der Waals surface area contributed by atoms with Gasteiger partial charge in [0.25, 0.3) is 0 Å². The molecule has 1 aromatic heterocycles. The Bertz CT molecular complexity index is 182. The standard InChI is InChI=1S/C9H17N3/c10-4-1-2-5-11-7-9-3-6-12-8-9/h3,6,8,11-12H,1-2,4-5,7,10H2. The molecule has 0 bridgehead atoms. The topological polar surface area (TPSA) is 53.8 Å². The van der Waals surface area contributed by atoms with Gasteiger partial charge in [0.2, 0.25) is 0 Å². The van der Waals surface area contributed by atoms with Crippen LogP contribution in [0.4, 0.5) is 0 Å². The van der Waals surface area contributed by atoms with Crippen LogP contribution < -0.4 is 11.1 Å². The highest BCUT2D eigenvalue weighted by molar-refractivity contribution is 5.07. The Morgan fingerprint density at radius 1 is 1.42 bits per heavy atom. The van der Waals surface area contributed by atoms with Gasteiger partial charge in [0, 0.05) is 18.9 Å². The fraction of sp³-hybridized carbons (Fsp3) is 0.556. The summed E-state index contributed by atoms with van der Waals surface area (Å²) in [5.74, 6) is 0. The van der Waals surface area contributed by atoms with E-state index in [9.17, 15) is 0 Å². The summed E-state index contributed by atoms with van der Waals surface area (Å²) in [7, 11) is 0. The van der Waals surface area contributed by atoms with Gasteiger partial charge in [0.05, 0.1) is 0 Å². The van der Waals surface area contributed by atoms with Crippen LogP contribution in [0, 0.1) is 0 Å². The van der Waals surface area contributed by atoms with E-state index in [1.54, 1.807) is 0 Å². The molecule has 0 saturated carbocycles. The van der Waals surface area contributed by atoms with Crippen LogP contribution >= 0.6 is 0 Å². The van der Waals surface area contributed by atoms with Gasteiger partial charge in [0.15, 0.2) is 0 Å². The smallest absolute Gasteiger partial charge is 0.0220 e. The zero-order chi connectivity index (χ0) is 8.65. The minimum atomic E-state index is 0.797. The van der Waals surface area contributed by atoms with E-state index in [2.05, 4.69) is 16.4 Å². The maximum Gasteiger partial charge on any atom is 0.0220 e. The van der Waals surface area contributed by atoms with Gasteiger partial charge < -0.3 is 16.0 Å². The number of hydrogen-bond donors (Lipinski definition) is 3. The molecule has 0 aromatic carbocycles. The highest BCUT2D eigenvalue weighted by atomic mass is 14.8. The van der Waals surface area contributed by atoms with E-state index in [-0.39, 0.29) is 0 Å². The fourth-order valence-corrected chi connectivity index (χ4v) is 1.10. The largest absolute Gasteiger partial charge is 0.367 e. The van der Waals surface area contributed by atoms with Crippen LogP contribution in [-0.4, -0.2) is 18.1 Å². The number of H-pyrrole nitrogens is 1. The first kappa shape index (κ1) is 9.29. The predicted octanol–water partition coefficient (Wildman–Crippen LogP) is 0.843. The van der Waals surface area contributed by atoms with E-state index >= 15 is 0 Å². The Balaban J connectivity index is 1.96. The van der Waals surface area contributed by atoms with Gasteiger partial charge in [-0.2, -0.15) is 0 Å². The number of nitrogens with two attached hydrogens (primary N) is 1. The van der Waals surface area contributed by atoms with Crippen molar-refractivity contribution in [2.45, 2.75) is 19.4 Å². The molecule has 0 fully saturated rings. The molecule has 0 radical (unpaired) electrons. The van der Waals surface area contributed by atoms with E-state index < -0.39 is 0 Å². The first-order valence-corrected chi connectivity index (χ1v) is 4.46. The third-order valence-corrected chi connectivity index (χ3v) is 1.80. The van der Waals surface area contributed by atoms with Crippen molar-refractivity contribution in [2.24, 2.45) is 5.73 Å². The summed E-state index contributed by atoms with van der Waals surface area (Å²) >= 11 is 0. The van der Waals surface area contributed by atoms with E-state index in [4.69, 9.17) is 5.73 Å². The quantitative estimate of drug-likeness (QED) is 0.550. The lowest BCUT2D eigenvalue weighted by atomic mass is 10.3. The van der Waals surface area contributed by atoms with Gasteiger partial charge in [0.1, 0.15) is 0 Å². The van der Waals surface area contributed by atoms with Crippen molar-refractivity contribution in [3.05, 3.63) is 24.0 Å². The van der Waals surface area contributed by atoms with Crippen LogP contribution in [0.3, 0.4) is 0 Å². The molecule has 3 nitrogen and oxygen atoms in total. The van der Waals surface area contributed by atoms with Gasteiger partial charge in [-0.05, 0) is 37.6 Å². The lowest BCUT2D eigenvalue weighted by molar-refractivity contribution is 0.628. The van der Waals surface area contributed by atoms with Gasteiger partial charge in [-0.3, -0.25) is 0 Å². The summed E-state index contributed by atoms with van der Waals surface area (Å²) in [5.41, 5.74) is 6.68. The molecule has 1 rings (SSSR count). The maximum atomic E-state index is 5.37. The van der Waals surface area contributed by atoms with Crippen LogP contribution in [0.2, 0.25) is 0 Å². The molecule has 68 valence electrons. The number of aromatic amines is 1. The monoisotopic (exact) mass is 167 g/mol. The Hall–Kier alpha value is -0.800. The number of aromatic nitrogens is 1. The molecule has 4 N–H and O–H groups in total. The van der Waals surface area contributed by atoms with Crippen LogP contribution in [0.25, 0.3) is 0 Å². The van der Waals surface area contributed by atoms with Crippen molar-refractivity contribution in [3.63, 3.8) is 0 Å². The summed E-state index contributed by atoms with van der Waals surface area (Å²) in [5, 5.41) is 3.35. The summed E-state index contributed by atoms with van der Waals surface area (Å²) in [6, 6.07) is 2.08. The molecule has 1 heterocycles. The molecule has 0 saturated heterocycles. The Labute approximate surface area is 73.4 Å². The average molecular weight is 167 g/mol. The highest BCUT2D eigenvalue weighted by Crippen LogP contribution is 1.94. The number of hydrogen-bond acceptors (Lipinski definition) is 2. The first-order chi connectivity index (χ1) is 5.93. The van der Waals surface area contributed by atoms with E-state index in [1.807, 2.05) is 12.4 Å². The third-order valence-electron chi connectivity index (χ3n) is 1.80. The molecule has 0 aliphatic carbocycles. The molecule has 0 atom stereocenters. The molecule has 0 aliphatic heterocycles. The van der Waals surface area contributed by atoms with Gasteiger partial charge in [-0.25, -0.2) is 0 Å². The molecule has 0 spiro atoms. The zero-order valence-electron chi connectivity index (χ0n) is 7.34. The van der Waals surface area contributed by atoms with Gasteiger partial charge in [-0.15, -0.1) is 0 Å². The second-order valence-electron chi connectivity index (χ2n) is 2.89. The number of unbranched alkanes of at least 4 members (excludes halogenated alkanes) is 1. The number of nitrogens with one attached hydrogen (secondary N) is 2. The third kappa shape index (κ3) is 3.55. The molecule has 0 aliphatic rings. The molecular weight excluding hydrogens is 150 g/mol. The minimum absolute atomic E-state index is 0.797. The van der Waals surface area contributed by atoms with Crippen molar-refractivity contribution in [3.8, 4) is 0 Å². The molecule has 1 aromatic rings. The van der Waals surface area contributed by atoms with Crippen molar-refractivity contribution < 1.29 is 0 Å². The van der Waals surface area contributed by atoms with Crippen molar-refractivity contribution in [1.29, 1.82) is 0 Å². The second kappa shape index (κ2) is 5.80. The summed E-state index contributed by atoms with van der Waals surface area (Å²) in [6.07, 6.45) is 6.23. The molecule has 0 amide bonds. The summed E-state index contributed by atoms with van der Waals surface area (Å²) in [4.78, 5) is 3.02. The van der Waals surface area contributed by atoms with Crippen LogP contribution in [0.1, 0.15) is 18.4 Å². The van der Waals surface area contributed by atoms with Crippen LogP contribution in [0.5, 0.6) is 0 Å². The normalized spacial score (nSPS) is 10.4. The molecule has 0 unspecified atom stereocenters. The van der Waals surface area contributed by atoms with Crippen molar-refractivity contribution >= 4 is 0 Å². The predicted molar refractivity (Wildman–Crippen MR) is 50.8 cm³/mol. The Morgan fingerprint density at radius 3 is 3.00 bits per heavy atom. The van der Waals surface area contributed by atoms with Gasteiger partial charge >= 0.3 is 0 Å². The molecule has 12 heavy (non-hydrogen) atoms. The maximum absolute atomic E-state index is 5.37. The van der Waals surface area contributed by atoms with E-state index in [0.29, 0.717) is 0 Å². The van der Waals surface area contributed by atoms with E-state index in [0.717, 1.165) is 26.1 Å². The Kier molecular flexibility index (Phi) is 4.49. The minimum Gasteiger partial charge on any atom is -0.367 e. The van der Waals surface area contributed by atoms with Gasteiger partial charge in [-0.1, -0.05) is 0 Å². The van der Waals surface area contributed by atoms with Crippen LogP contribution in [-0.2, 0) is 6.54 Å². The SMILES string of the molecule is NCCCCNCc1cc[nH]c1.